The Balaban J connectivity index is 3.11. The lowest BCUT2D eigenvalue weighted by molar-refractivity contribution is -0.106. The maximum Gasteiger partial charge on any atom is 0.146 e. The summed E-state index contributed by atoms with van der Waals surface area (Å²) in [5, 5.41) is 9.74. The molecule has 0 unspecified atom stereocenters. The molecule has 0 saturated carbocycles. The summed E-state index contributed by atoms with van der Waals surface area (Å²) < 4.78 is 0. The van der Waals surface area contributed by atoms with Gasteiger partial charge in [-0.05, 0) is 12.5 Å². The van der Waals surface area contributed by atoms with E-state index in [2.05, 4.69) is 0 Å². The highest BCUT2D eigenvalue weighted by atomic mass is 16.3. The fourth-order valence-electron chi connectivity index (χ4n) is 1.45. The molecule has 0 saturated heterocycles. The lowest BCUT2D eigenvalue weighted by Crippen LogP contribution is -2.34. The van der Waals surface area contributed by atoms with E-state index in [1.165, 1.54) is 0 Å². The van der Waals surface area contributed by atoms with Gasteiger partial charge >= 0.3 is 0 Å². The Morgan fingerprint density at radius 3 is 2.58 bits per heavy atom. The largest absolute Gasteiger partial charge is 0.388 e. The highest BCUT2D eigenvalue weighted by molar-refractivity contribution is 5.77. The third kappa shape index (κ3) is 1.23. The number of aliphatic hydroxyl groups is 1. The molecule has 0 aromatic heterocycles. The molecule has 1 rings (SSSR count). The molecule has 2 nitrogen and oxygen atoms in total. The molecule has 0 bridgehead atoms. The first kappa shape index (κ1) is 9.20. The van der Waals surface area contributed by atoms with Crippen molar-refractivity contribution in [2.75, 3.05) is 0 Å². The third-order valence-corrected chi connectivity index (χ3v) is 2.51. The molecular formula is C10H14O2. The Labute approximate surface area is 72.6 Å². The van der Waals surface area contributed by atoms with Crippen molar-refractivity contribution in [1.82, 2.24) is 0 Å². The van der Waals surface area contributed by atoms with Crippen LogP contribution >= 0.6 is 0 Å². The number of aliphatic hydroxyl groups excluding tert-OH is 1. The van der Waals surface area contributed by atoms with Gasteiger partial charge in [-0.3, -0.25) is 4.79 Å². The molecule has 1 aliphatic carbocycles. The lowest BCUT2D eigenvalue weighted by atomic mass is 9.74. The predicted molar refractivity (Wildman–Crippen MR) is 47.7 cm³/mol. The average Bonchev–Trinajstić information content (AvgIpc) is 2.01. The molecule has 0 fully saturated rings. The van der Waals surface area contributed by atoms with Crippen LogP contribution in [0.1, 0.15) is 20.8 Å². The normalized spacial score (nSPS) is 27.5. The minimum atomic E-state index is -0.539. The van der Waals surface area contributed by atoms with Gasteiger partial charge in [0.2, 0.25) is 0 Å². The second-order valence-corrected chi connectivity index (χ2v) is 3.77. The zero-order valence-electron chi connectivity index (χ0n) is 7.66. The van der Waals surface area contributed by atoms with Crippen LogP contribution in [-0.4, -0.2) is 17.5 Å². The SMILES string of the molecule is CC1=CC=C(C=O)C(C)(C)[C@@H]1O. The van der Waals surface area contributed by atoms with E-state index in [-0.39, 0.29) is 0 Å². The van der Waals surface area contributed by atoms with Crippen LogP contribution in [0.4, 0.5) is 0 Å². The van der Waals surface area contributed by atoms with E-state index < -0.39 is 11.5 Å². The smallest absolute Gasteiger partial charge is 0.146 e. The summed E-state index contributed by atoms with van der Waals surface area (Å²) in [6, 6.07) is 0. The number of carbonyl (C=O) groups is 1. The van der Waals surface area contributed by atoms with Crippen LogP contribution in [0.15, 0.2) is 23.3 Å². The summed E-state index contributed by atoms with van der Waals surface area (Å²) in [6.45, 7) is 5.60. The number of hydrogen-bond acceptors (Lipinski definition) is 2. The molecule has 0 amide bonds. The summed E-state index contributed by atoms with van der Waals surface area (Å²) in [7, 11) is 0. The minimum Gasteiger partial charge on any atom is -0.388 e. The second-order valence-electron chi connectivity index (χ2n) is 3.77. The maximum absolute atomic E-state index is 10.6. The van der Waals surface area contributed by atoms with Crippen molar-refractivity contribution in [3.63, 3.8) is 0 Å². The molecule has 1 aliphatic rings. The highest BCUT2D eigenvalue weighted by Crippen LogP contribution is 2.35. The molecular weight excluding hydrogens is 152 g/mol. The molecule has 0 radical (unpaired) electrons. The highest BCUT2D eigenvalue weighted by Gasteiger charge is 2.34. The van der Waals surface area contributed by atoms with Crippen molar-refractivity contribution in [2.24, 2.45) is 5.41 Å². The second kappa shape index (κ2) is 2.87. The van der Waals surface area contributed by atoms with Crippen LogP contribution in [0.3, 0.4) is 0 Å². The number of hydrogen-bond donors (Lipinski definition) is 1. The number of allylic oxidation sites excluding steroid dienone is 2. The molecule has 66 valence electrons. The predicted octanol–water partition coefficient (Wildman–Crippen LogP) is 1.46. The average molecular weight is 166 g/mol. The van der Waals surface area contributed by atoms with E-state index in [4.69, 9.17) is 0 Å². The van der Waals surface area contributed by atoms with Crippen LogP contribution < -0.4 is 0 Å². The van der Waals surface area contributed by atoms with Gasteiger partial charge in [-0.1, -0.05) is 26.0 Å². The van der Waals surface area contributed by atoms with Gasteiger partial charge in [0, 0.05) is 11.0 Å². The summed E-state index contributed by atoms with van der Waals surface area (Å²) >= 11 is 0. The Bertz CT molecular complexity index is 259. The maximum atomic E-state index is 10.6. The first-order valence-electron chi connectivity index (χ1n) is 4.02. The first-order valence-corrected chi connectivity index (χ1v) is 4.02. The quantitative estimate of drug-likeness (QED) is 0.599. The Hall–Kier alpha value is -0.890. The molecule has 2 heteroatoms. The van der Waals surface area contributed by atoms with Crippen LogP contribution in [0.5, 0.6) is 0 Å². The van der Waals surface area contributed by atoms with E-state index >= 15 is 0 Å². The molecule has 1 atom stereocenters. The van der Waals surface area contributed by atoms with Gasteiger partial charge in [0.1, 0.15) is 6.29 Å². The van der Waals surface area contributed by atoms with Crippen molar-refractivity contribution in [3.8, 4) is 0 Å². The first-order chi connectivity index (χ1) is 5.50. The van der Waals surface area contributed by atoms with Crippen LogP contribution in [0.2, 0.25) is 0 Å². The van der Waals surface area contributed by atoms with E-state index in [1.54, 1.807) is 12.2 Å². The molecule has 0 heterocycles. The fourth-order valence-corrected chi connectivity index (χ4v) is 1.45. The van der Waals surface area contributed by atoms with Gasteiger partial charge in [0.05, 0.1) is 6.10 Å². The van der Waals surface area contributed by atoms with Crippen molar-refractivity contribution in [1.29, 1.82) is 0 Å². The zero-order chi connectivity index (χ0) is 9.35. The number of carbonyl (C=O) groups excluding carboxylic acids is 1. The third-order valence-electron chi connectivity index (χ3n) is 2.51. The molecule has 0 spiro atoms. The van der Waals surface area contributed by atoms with Gasteiger partial charge in [0.25, 0.3) is 0 Å². The monoisotopic (exact) mass is 166 g/mol. The molecule has 0 aromatic carbocycles. The van der Waals surface area contributed by atoms with Crippen molar-refractivity contribution in [3.05, 3.63) is 23.3 Å². The van der Waals surface area contributed by atoms with E-state index in [0.29, 0.717) is 5.57 Å². The molecule has 0 aliphatic heterocycles. The van der Waals surface area contributed by atoms with Gasteiger partial charge in [-0.25, -0.2) is 0 Å². The van der Waals surface area contributed by atoms with Crippen LogP contribution in [0, 0.1) is 5.41 Å². The van der Waals surface area contributed by atoms with E-state index in [1.807, 2.05) is 20.8 Å². The van der Waals surface area contributed by atoms with Gasteiger partial charge < -0.3 is 5.11 Å². The van der Waals surface area contributed by atoms with Gasteiger partial charge in [-0.2, -0.15) is 0 Å². The standard InChI is InChI=1S/C10H14O2/c1-7-4-5-8(6-11)10(2,3)9(7)12/h4-6,9,12H,1-3H3/t9-/m1/s1. The topological polar surface area (TPSA) is 37.3 Å². The van der Waals surface area contributed by atoms with Crippen LogP contribution in [0.25, 0.3) is 0 Å². The number of aldehydes is 1. The zero-order valence-corrected chi connectivity index (χ0v) is 7.66. The Kier molecular flexibility index (Phi) is 2.20. The molecule has 1 N–H and O–H groups in total. The molecule has 12 heavy (non-hydrogen) atoms. The van der Waals surface area contributed by atoms with Crippen molar-refractivity contribution in [2.45, 2.75) is 26.9 Å². The summed E-state index contributed by atoms with van der Waals surface area (Å²) in [5.41, 5.74) is 1.12. The minimum absolute atomic E-state index is 0.444. The van der Waals surface area contributed by atoms with Gasteiger partial charge in [-0.15, -0.1) is 0 Å². The van der Waals surface area contributed by atoms with Gasteiger partial charge in [0.15, 0.2) is 0 Å². The summed E-state index contributed by atoms with van der Waals surface area (Å²) in [4.78, 5) is 10.6. The summed E-state index contributed by atoms with van der Waals surface area (Å²) in [6.07, 6.45) is 3.84. The van der Waals surface area contributed by atoms with Crippen molar-refractivity contribution < 1.29 is 9.90 Å². The van der Waals surface area contributed by atoms with E-state index in [0.717, 1.165) is 11.9 Å². The van der Waals surface area contributed by atoms with Crippen molar-refractivity contribution >= 4 is 6.29 Å². The lowest BCUT2D eigenvalue weighted by Gasteiger charge is -2.33. The fraction of sp³-hybridized carbons (Fsp3) is 0.500. The van der Waals surface area contributed by atoms with Crippen LogP contribution in [-0.2, 0) is 4.79 Å². The molecule has 0 aromatic rings. The number of rotatable bonds is 1. The van der Waals surface area contributed by atoms with E-state index in [9.17, 15) is 9.90 Å². The summed E-state index contributed by atoms with van der Waals surface area (Å²) in [5.74, 6) is 0. The Morgan fingerprint density at radius 2 is 2.08 bits per heavy atom. The Morgan fingerprint density at radius 1 is 1.50 bits per heavy atom.